The highest BCUT2D eigenvalue weighted by Crippen LogP contribution is 2.48. The van der Waals surface area contributed by atoms with E-state index < -0.39 is 0 Å². The number of hydrogen-bond acceptors (Lipinski definition) is 4. The number of hydrogen-bond donors (Lipinski definition) is 0. The van der Waals surface area contributed by atoms with Crippen molar-refractivity contribution >= 4 is 21.6 Å². The van der Waals surface area contributed by atoms with Crippen molar-refractivity contribution < 1.29 is 9.47 Å². The number of fused-ring (bicyclic) bond motifs is 3. The Hall–Kier alpha value is -2.79. The van der Waals surface area contributed by atoms with E-state index in [0.717, 1.165) is 46.7 Å². The first-order valence-corrected chi connectivity index (χ1v) is 12.5. The predicted octanol–water partition coefficient (Wildman–Crippen LogP) is 7.57. The summed E-state index contributed by atoms with van der Waals surface area (Å²) >= 11 is 3.63. The second-order valence-electron chi connectivity index (χ2n) is 8.79. The van der Waals surface area contributed by atoms with Crippen LogP contribution in [0.2, 0.25) is 0 Å². The second kappa shape index (κ2) is 9.60. The number of halogens is 1. The van der Waals surface area contributed by atoms with Crippen LogP contribution in [0.5, 0.6) is 11.5 Å². The summed E-state index contributed by atoms with van der Waals surface area (Å²) in [5, 5.41) is 7.19. The molecule has 2 aliphatic rings. The van der Waals surface area contributed by atoms with E-state index in [2.05, 4.69) is 83.3 Å². The van der Waals surface area contributed by atoms with Gasteiger partial charge < -0.3 is 9.47 Å². The zero-order valence-corrected chi connectivity index (χ0v) is 20.7. The minimum absolute atomic E-state index is 0.137. The molecule has 0 N–H and O–H groups in total. The highest BCUT2D eigenvalue weighted by molar-refractivity contribution is 9.10. The summed E-state index contributed by atoms with van der Waals surface area (Å²) in [7, 11) is 0. The lowest BCUT2D eigenvalue weighted by atomic mass is 9.95. The van der Waals surface area contributed by atoms with Crippen molar-refractivity contribution in [3.8, 4) is 11.5 Å². The third kappa shape index (κ3) is 4.65. The van der Waals surface area contributed by atoms with Gasteiger partial charge in [-0.1, -0.05) is 65.5 Å². The molecule has 33 heavy (non-hydrogen) atoms. The first-order chi connectivity index (χ1) is 16.1. The smallest absolute Gasteiger partial charge is 0.213 e. The van der Waals surface area contributed by atoms with Crippen LogP contribution in [-0.2, 0) is 0 Å². The molecule has 0 fully saturated rings. The first kappa shape index (κ1) is 22.0. The summed E-state index contributed by atoms with van der Waals surface area (Å²) in [4.78, 5) is 0. The molecule has 4 nitrogen and oxygen atoms in total. The summed E-state index contributed by atoms with van der Waals surface area (Å²) in [6.07, 6.45) is 4.05. The Bertz CT molecular complexity index is 1140. The zero-order chi connectivity index (χ0) is 22.8. The maximum absolute atomic E-state index is 6.50. The SMILES string of the molecule is CCCCCOc1ccc([C@H]2Oc3ccc(Br)cc3[C@H]3CC(c4ccc(C)cc4)=NN32)cc1. The fraction of sp³-hybridized carbons (Fsp3) is 0.321. The van der Waals surface area contributed by atoms with Crippen molar-refractivity contribution in [1.29, 1.82) is 0 Å². The van der Waals surface area contributed by atoms with Gasteiger partial charge in [-0.25, -0.2) is 5.01 Å². The second-order valence-corrected chi connectivity index (χ2v) is 9.71. The molecule has 2 heterocycles. The average Bonchev–Trinajstić information content (AvgIpc) is 3.28. The highest BCUT2D eigenvalue weighted by Gasteiger charge is 2.41. The number of nitrogens with zero attached hydrogens (tertiary/aromatic N) is 2. The normalized spacial score (nSPS) is 18.9. The van der Waals surface area contributed by atoms with E-state index in [4.69, 9.17) is 14.6 Å². The molecule has 5 heteroatoms. The molecule has 0 spiro atoms. The van der Waals surface area contributed by atoms with E-state index >= 15 is 0 Å². The molecule has 2 aliphatic heterocycles. The molecular weight excluding hydrogens is 476 g/mol. The minimum Gasteiger partial charge on any atom is -0.494 e. The number of ether oxygens (including phenoxy) is 2. The number of unbranched alkanes of at least 4 members (excludes halogenated alkanes) is 2. The van der Waals surface area contributed by atoms with E-state index in [1.54, 1.807) is 0 Å². The van der Waals surface area contributed by atoms with Crippen LogP contribution in [0, 0.1) is 6.92 Å². The molecular formula is C28H29BrN2O2. The van der Waals surface area contributed by atoms with Crippen LogP contribution in [0.15, 0.2) is 76.3 Å². The Morgan fingerprint density at radius 3 is 2.58 bits per heavy atom. The number of aryl methyl sites for hydroxylation is 1. The molecule has 0 unspecified atom stereocenters. The monoisotopic (exact) mass is 504 g/mol. The Morgan fingerprint density at radius 1 is 1.03 bits per heavy atom. The van der Waals surface area contributed by atoms with Crippen LogP contribution >= 0.6 is 15.9 Å². The molecule has 170 valence electrons. The summed E-state index contributed by atoms with van der Waals surface area (Å²) in [6, 6.07) is 23.3. The molecule has 0 amide bonds. The van der Waals surface area contributed by atoms with Crippen molar-refractivity contribution in [3.05, 3.63) is 93.5 Å². The van der Waals surface area contributed by atoms with Crippen molar-refractivity contribution in [2.24, 2.45) is 5.10 Å². The van der Waals surface area contributed by atoms with Crippen molar-refractivity contribution in [2.75, 3.05) is 6.61 Å². The maximum Gasteiger partial charge on any atom is 0.213 e. The van der Waals surface area contributed by atoms with Gasteiger partial charge in [-0.3, -0.25) is 0 Å². The lowest BCUT2D eigenvalue weighted by molar-refractivity contribution is -0.0191. The fourth-order valence-corrected chi connectivity index (χ4v) is 4.85. The molecule has 3 aromatic carbocycles. The Labute approximate surface area is 204 Å². The van der Waals surface area contributed by atoms with Gasteiger partial charge in [0.2, 0.25) is 6.23 Å². The minimum atomic E-state index is -0.277. The molecule has 0 aliphatic carbocycles. The third-order valence-corrected chi connectivity index (χ3v) is 6.81. The molecule has 0 saturated heterocycles. The van der Waals surface area contributed by atoms with E-state index in [9.17, 15) is 0 Å². The van der Waals surface area contributed by atoms with Gasteiger partial charge in [0.05, 0.1) is 18.4 Å². The zero-order valence-electron chi connectivity index (χ0n) is 19.1. The van der Waals surface area contributed by atoms with E-state index in [1.165, 1.54) is 29.5 Å². The number of hydrazone groups is 1. The number of benzene rings is 3. The van der Waals surface area contributed by atoms with Crippen molar-refractivity contribution in [2.45, 2.75) is 51.8 Å². The highest BCUT2D eigenvalue weighted by atomic mass is 79.9. The predicted molar refractivity (Wildman–Crippen MR) is 136 cm³/mol. The topological polar surface area (TPSA) is 34.1 Å². The standard InChI is InChI=1S/C28H29BrN2O2/c1-3-4-5-16-32-23-13-10-21(11-14-23)28-31-26(24-17-22(29)12-15-27(24)33-28)18-25(30-31)20-8-6-19(2)7-9-20/h6-15,17,26,28H,3-5,16,18H2,1-2H3/t26-,28-/m1/s1. The van der Waals surface area contributed by atoms with Crippen LogP contribution in [0.3, 0.4) is 0 Å². The Balaban J connectivity index is 1.44. The Morgan fingerprint density at radius 2 is 1.82 bits per heavy atom. The van der Waals surface area contributed by atoms with Gasteiger partial charge >= 0.3 is 0 Å². The lowest BCUT2D eigenvalue weighted by Gasteiger charge is -2.38. The van der Waals surface area contributed by atoms with Crippen LogP contribution in [0.25, 0.3) is 0 Å². The largest absolute Gasteiger partial charge is 0.494 e. The van der Waals surface area contributed by atoms with Gasteiger partial charge in [-0.15, -0.1) is 0 Å². The van der Waals surface area contributed by atoms with E-state index in [0.29, 0.717) is 0 Å². The van der Waals surface area contributed by atoms with Gasteiger partial charge in [0.15, 0.2) is 0 Å². The maximum atomic E-state index is 6.50. The lowest BCUT2D eigenvalue weighted by Crippen LogP contribution is -2.33. The quantitative estimate of drug-likeness (QED) is 0.311. The number of rotatable bonds is 7. The van der Waals surface area contributed by atoms with E-state index in [-0.39, 0.29) is 12.3 Å². The van der Waals surface area contributed by atoms with Gasteiger partial charge in [-0.05, 0) is 61.4 Å². The molecule has 3 aromatic rings. The molecule has 2 atom stereocenters. The third-order valence-electron chi connectivity index (χ3n) is 6.32. The van der Waals surface area contributed by atoms with Gasteiger partial charge in [-0.2, -0.15) is 5.10 Å². The van der Waals surface area contributed by atoms with Gasteiger partial charge in [0.1, 0.15) is 11.5 Å². The summed E-state index contributed by atoms with van der Waals surface area (Å²) in [5.41, 5.74) is 5.76. The summed E-state index contributed by atoms with van der Waals surface area (Å²) < 4.78 is 13.5. The molecule has 0 aromatic heterocycles. The molecule has 0 bridgehead atoms. The van der Waals surface area contributed by atoms with Crippen molar-refractivity contribution in [1.82, 2.24) is 5.01 Å². The van der Waals surface area contributed by atoms with Crippen molar-refractivity contribution in [3.63, 3.8) is 0 Å². The van der Waals surface area contributed by atoms with Crippen LogP contribution in [0.4, 0.5) is 0 Å². The van der Waals surface area contributed by atoms with Gasteiger partial charge in [0, 0.05) is 22.0 Å². The first-order valence-electron chi connectivity index (χ1n) is 11.7. The summed E-state index contributed by atoms with van der Waals surface area (Å²) in [5.74, 6) is 1.82. The van der Waals surface area contributed by atoms with E-state index in [1.807, 2.05) is 18.2 Å². The Kier molecular flexibility index (Phi) is 6.41. The molecule has 0 saturated carbocycles. The van der Waals surface area contributed by atoms with Crippen LogP contribution in [0.1, 0.15) is 67.1 Å². The van der Waals surface area contributed by atoms with Crippen LogP contribution < -0.4 is 9.47 Å². The average molecular weight is 505 g/mol. The van der Waals surface area contributed by atoms with Gasteiger partial charge in [0.25, 0.3) is 0 Å². The molecule has 5 rings (SSSR count). The molecule has 0 radical (unpaired) electrons. The van der Waals surface area contributed by atoms with Crippen LogP contribution in [-0.4, -0.2) is 17.3 Å². The summed E-state index contributed by atoms with van der Waals surface area (Å²) in [6.45, 7) is 5.07. The fourth-order valence-electron chi connectivity index (χ4n) is 4.47.